The van der Waals surface area contributed by atoms with Crippen LogP contribution in [0.25, 0.3) is 11.0 Å². The van der Waals surface area contributed by atoms with Crippen LogP contribution in [0.2, 0.25) is 5.02 Å². The fraction of sp³-hybridized carbons (Fsp3) is 0.250. The Hall–Kier alpha value is -2.91. The van der Waals surface area contributed by atoms with E-state index in [2.05, 4.69) is 5.32 Å². The highest BCUT2D eigenvalue weighted by Gasteiger charge is 2.26. The first-order chi connectivity index (χ1) is 14.0. The lowest BCUT2D eigenvalue weighted by Gasteiger charge is -2.17. The molecule has 158 valence electrons. The van der Waals surface area contributed by atoms with Crippen LogP contribution < -0.4 is 16.4 Å². The molecule has 10 heteroatoms. The maximum Gasteiger partial charge on any atom is 0.316 e. The van der Waals surface area contributed by atoms with Gasteiger partial charge in [0.05, 0.1) is 37.5 Å². The molecule has 0 aliphatic heterocycles. The maximum absolute atomic E-state index is 13.0. The molecule has 8 nitrogen and oxygen atoms in total. The largest absolute Gasteiger partial charge is 0.321 e. The lowest BCUT2D eigenvalue weighted by Crippen LogP contribution is -2.39. The van der Waals surface area contributed by atoms with E-state index in [-0.39, 0.29) is 26.7 Å². The Morgan fingerprint density at radius 2 is 1.53 bits per heavy atom. The zero-order valence-electron chi connectivity index (χ0n) is 16.8. The normalized spacial score (nSPS) is 11.8. The van der Waals surface area contributed by atoms with Gasteiger partial charge in [-0.25, -0.2) is 8.42 Å². The number of sulfone groups is 1. The average Bonchev–Trinajstić information content (AvgIpc) is 2.70. The molecule has 0 fully saturated rings. The molecule has 0 bridgehead atoms. The van der Waals surface area contributed by atoms with Gasteiger partial charge < -0.3 is 14.5 Å². The van der Waals surface area contributed by atoms with E-state index >= 15 is 0 Å². The summed E-state index contributed by atoms with van der Waals surface area (Å²) in [5.74, 6) is -0.602. The van der Waals surface area contributed by atoms with Crippen LogP contribution in [-0.4, -0.2) is 28.7 Å². The molecule has 0 unspecified atom stereocenters. The number of carbonyl (C=O) groups excluding carboxylic acids is 1. The maximum atomic E-state index is 13.0. The van der Waals surface area contributed by atoms with Gasteiger partial charge in [0.2, 0.25) is 0 Å². The third kappa shape index (κ3) is 3.54. The van der Waals surface area contributed by atoms with Crippen molar-refractivity contribution < 1.29 is 13.2 Å². The van der Waals surface area contributed by atoms with Crippen LogP contribution in [0.15, 0.2) is 50.9 Å². The Bertz CT molecular complexity index is 1400. The van der Waals surface area contributed by atoms with E-state index in [4.69, 9.17) is 11.6 Å². The second kappa shape index (κ2) is 7.73. The number of fused-ring (bicyclic) bond motifs is 1. The number of halogens is 1. The van der Waals surface area contributed by atoms with Gasteiger partial charge in [-0.2, -0.15) is 0 Å². The molecular weight excluding hydrogens is 430 g/mol. The zero-order chi connectivity index (χ0) is 22.4. The zero-order valence-corrected chi connectivity index (χ0v) is 18.3. The summed E-state index contributed by atoms with van der Waals surface area (Å²) < 4.78 is 28.2. The third-order valence-electron chi connectivity index (χ3n) is 4.89. The van der Waals surface area contributed by atoms with Gasteiger partial charge in [-0.15, -0.1) is 0 Å². The second-order valence-corrected chi connectivity index (χ2v) is 9.97. The van der Waals surface area contributed by atoms with Crippen molar-refractivity contribution in [3.8, 4) is 0 Å². The standard InChI is InChI=1S/C20H20ClN3O5S/c1-11(2)30(28,29)17-10-16-15(23(3)19(26)20(27)24(16)4)9-14(17)22-18(25)12-7-5-6-8-13(12)21/h5-11H,1-4H3,(H,22,25). The van der Waals surface area contributed by atoms with Crippen LogP contribution in [0.4, 0.5) is 5.69 Å². The number of aromatic nitrogens is 2. The summed E-state index contributed by atoms with van der Waals surface area (Å²) in [7, 11) is -1.05. The van der Waals surface area contributed by atoms with Gasteiger partial charge in [0.15, 0.2) is 9.84 Å². The summed E-state index contributed by atoms with van der Waals surface area (Å²) in [4.78, 5) is 37.0. The second-order valence-electron chi connectivity index (χ2n) is 7.09. The van der Waals surface area contributed by atoms with Crippen molar-refractivity contribution in [2.45, 2.75) is 24.0 Å². The van der Waals surface area contributed by atoms with Gasteiger partial charge in [-0.05, 0) is 38.1 Å². The van der Waals surface area contributed by atoms with Crippen molar-refractivity contribution in [3.05, 3.63) is 67.7 Å². The van der Waals surface area contributed by atoms with Crippen LogP contribution in [-0.2, 0) is 23.9 Å². The van der Waals surface area contributed by atoms with Gasteiger partial charge in [0.25, 0.3) is 5.91 Å². The number of hydrogen-bond donors (Lipinski definition) is 1. The van der Waals surface area contributed by atoms with Gasteiger partial charge in [0.1, 0.15) is 0 Å². The van der Waals surface area contributed by atoms with Crippen molar-refractivity contribution in [1.82, 2.24) is 9.13 Å². The monoisotopic (exact) mass is 449 g/mol. The van der Waals surface area contributed by atoms with Crippen molar-refractivity contribution >= 4 is 44.1 Å². The van der Waals surface area contributed by atoms with Crippen molar-refractivity contribution in [1.29, 1.82) is 0 Å². The molecule has 0 saturated heterocycles. The molecule has 0 spiro atoms. The highest BCUT2D eigenvalue weighted by Crippen LogP contribution is 2.30. The van der Waals surface area contributed by atoms with E-state index in [1.165, 1.54) is 46.1 Å². The van der Waals surface area contributed by atoms with E-state index in [0.29, 0.717) is 5.52 Å². The Labute approximate surface area is 177 Å². The number of anilines is 1. The highest BCUT2D eigenvalue weighted by atomic mass is 35.5. The van der Waals surface area contributed by atoms with E-state index in [9.17, 15) is 22.8 Å². The summed E-state index contributed by atoms with van der Waals surface area (Å²) in [5, 5.41) is 2.02. The van der Waals surface area contributed by atoms with Crippen molar-refractivity contribution in [3.63, 3.8) is 0 Å². The summed E-state index contributed by atoms with van der Waals surface area (Å²) in [6.07, 6.45) is 0. The SMILES string of the molecule is CC(C)S(=O)(=O)c1cc2c(cc1NC(=O)c1ccccc1Cl)n(C)c(=O)c(=O)n2C. The lowest BCUT2D eigenvalue weighted by molar-refractivity contribution is 0.102. The number of carbonyl (C=O) groups is 1. The summed E-state index contributed by atoms with van der Waals surface area (Å²) in [5.41, 5.74) is -0.855. The molecule has 0 saturated carbocycles. The first-order valence-electron chi connectivity index (χ1n) is 9.00. The average molecular weight is 450 g/mol. The molecule has 1 heterocycles. The summed E-state index contributed by atoms with van der Waals surface area (Å²) in [6, 6.07) is 9.03. The number of hydrogen-bond acceptors (Lipinski definition) is 5. The number of nitrogens with one attached hydrogen (secondary N) is 1. The number of aryl methyl sites for hydroxylation is 2. The van der Waals surface area contributed by atoms with Crippen LogP contribution in [0.1, 0.15) is 24.2 Å². The van der Waals surface area contributed by atoms with Crippen LogP contribution in [0.5, 0.6) is 0 Å². The highest BCUT2D eigenvalue weighted by molar-refractivity contribution is 7.92. The Morgan fingerprint density at radius 3 is 2.07 bits per heavy atom. The molecule has 3 aromatic rings. The molecule has 2 aromatic carbocycles. The lowest BCUT2D eigenvalue weighted by atomic mass is 10.2. The first kappa shape index (κ1) is 21.8. The molecule has 0 aliphatic carbocycles. The van der Waals surface area contributed by atoms with Crippen molar-refractivity contribution in [2.75, 3.05) is 5.32 Å². The summed E-state index contributed by atoms with van der Waals surface area (Å²) >= 11 is 6.08. The topological polar surface area (TPSA) is 107 Å². The first-order valence-corrected chi connectivity index (χ1v) is 10.9. The van der Waals surface area contributed by atoms with Gasteiger partial charge >= 0.3 is 11.1 Å². The molecule has 1 amide bonds. The predicted octanol–water partition coefficient (Wildman–Crippen LogP) is 2.33. The van der Waals surface area contributed by atoms with E-state index in [1.54, 1.807) is 18.2 Å². The molecule has 3 rings (SSSR count). The molecule has 30 heavy (non-hydrogen) atoms. The smallest absolute Gasteiger partial charge is 0.316 e. The molecular formula is C20H20ClN3O5S. The Kier molecular flexibility index (Phi) is 5.62. The van der Waals surface area contributed by atoms with Crippen molar-refractivity contribution in [2.24, 2.45) is 14.1 Å². The van der Waals surface area contributed by atoms with E-state index in [0.717, 1.165) is 9.13 Å². The minimum Gasteiger partial charge on any atom is -0.321 e. The van der Waals surface area contributed by atoms with Gasteiger partial charge in [-0.1, -0.05) is 23.7 Å². The number of benzene rings is 2. The number of rotatable bonds is 4. The fourth-order valence-electron chi connectivity index (χ4n) is 3.02. The number of amides is 1. The van der Waals surface area contributed by atoms with Crippen LogP contribution in [0.3, 0.4) is 0 Å². The Morgan fingerprint density at radius 1 is 1.00 bits per heavy atom. The number of nitrogens with zero attached hydrogens (tertiary/aromatic N) is 2. The minimum atomic E-state index is -3.84. The molecule has 1 N–H and O–H groups in total. The quantitative estimate of drug-likeness (QED) is 0.615. The minimum absolute atomic E-state index is 0.00484. The molecule has 0 atom stereocenters. The van der Waals surface area contributed by atoms with Crippen LogP contribution in [0, 0.1) is 0 Å². The predicted molar refractivity (Wildman–Crippen MR) is 116 cm³/mol. The van der Waals surface area contributed by atoms with E-state index < -0.39 is 32.1 Å². The molecule has 0 radical (unpaired) electrons. The summed E-state index contributed by atoms with van der Waals surface area (Å²) in [6.45, 7) is 3.03. The van der Waals surface area contributed by atoms with Gasteiger partial charge in [-0.3, -0.25) is 14.4 Å². The molecule has 0 aliphatic rings. The third-order valence-corrected chi connectivity index (χ3v) is 7.41. The fourth-order valence-corrected chi connectivity index (χ4v) is 4.44. The van der Waals surface area contributed by atoms with Gasteiger partial charge in [0, 0.05) is 14.1 Å². The van der Waals surface area contributed by atoms with Crippen LogP contribution >= 0.6 is 11.6 Å². The molecule has 1 aromatic heterocycles. The Balaban J connectivity index is 2.34. The van der Waals surface area contributed by atoms with E-state index in [1.807, 2.05) is 0 Å².